The molecule has 3 N–H and O–H groups in total. The molecule has 1 heterocycles. The van der Waals surface area contributed by atoms with Crippen LogP contribution in [0, 0.1) is 0 Å². The zero-order chi connectivity index (χ0) is 19.3. The van der Waals surface area contributed by atoms with E-state index in [1.807, 2.05) is 72.8 Å². The monoisotopic (exact) mass is 366 g/mol. The Balaban J connectivity index is 1.96. The fraction of sp³-hybridized carbons (Fsp3) is 0. The molecular weight excluding hydrogens is 348 g/mol. The molecule has 28 heavy (non-hydrogen) atoms. The first kappa shape index (κ1) is 17.4. The molecule has 0 spiro atoms. The van der Waals surface area contributed by atoms with Gasteiger partial charge < -0.3 is 5.73 Å². The highest BCUT2D eigenvalue weighted by Crippen LogP contribution is 2.29. The summed E-state index contributed by atoms with van der Waals surface area (Å²) < 4.78 is 0. The van der Waals surface area contributed by atoms with Crippen LogP contribution in [0.15, 0.2) is 96.1 Å². The number of fused-ring (bicyclic) bond motifs is 1. The molecule has 2 amide bonds. The van der Waals surface area contributed by atoms with E-state index in [9.17, 15) is 4.79 Å². The number of rotatable bonds is 4. The van der Waals surface area contributed by atoms with Crippen molar-refractivity contribution in [3.63, 3.8) is 0 Å². The molecule has 4 aromatic rings. The summed E-state index contributed by atoms with van der Waals surface area (Å²) in [5.74, 6) is 0. The molecule has 0 bridgehead atoms. The summed E-state index contributed by atoms with van der Waals surface area (Å²) in [5, 5.41) is 5.28. The zero-order valence-corrected chi connectivity index (χ0v) is 15.0. The largest absolute Gasteiger partial charge is 0.350 e. The van der Waals surface area contributed by atoms with Gasteiger partial charge in [0.15, 0.2) is 0 Å². The Morgan fingerprint density at radius 1 is 0.857 bits per heavy atom. The van der Waals surface area contributed by atoms with Crippen LogP contribution in [0.25, 0.3) is 22.0 Å². The number of urea groups is 1. The molecule has 0 aliphatic carbocycles. The van der Waals surface area contributed by atoms with Crippen LogP contribution in [0.1, 0.15) is 11.3 Å². The standard InChI is InChI=1S/C23H18N4O/c24-23(28)27-26-22(17-11-5-2-6-12-17)21-15-19(16-9-3-1-4-10-16)18-13-7-8-14-20(18)25-21/h1-15H,(H3,24,27,28)/b26-22+. The summed E-state index contributed by atoms with van der Waals surface area (Å²) in [6.45, 7) is 0. The summed E-state index contributed by atoms with van der Waals surface area (Å²) in [5.41, 5.74) is 12.6. The highest BCUT2D eigenvalue weighted by molar-refractivity contribution is 6.14. The van der Waals surface area contributed by atoms with E-state index in [-0.39, 0.29) is 0 Å². The zero-order valence-electron chi connectivity index (χ0n) is 15.0. The number of nitrogens with two attached hydrogens (primary N) is 1. The van der Waals surface area contributed by atoms with E-state index < -0.39 is 6.03 Å². The number of benzene rings is 3. The van der Waals surface area contributed by atoms with Gasteiger partial charge in [-0.2, -0.15) is 5.10 Å². The molecule has 0 fully saturated rings. The van der Waals surface area contributed by atoms with Crippen LogP contribution < -0.4 is 11.2 Å². The minimum absolute atomic E-state index is 0.544. The van der Waals surface area contributed by atoms with Crippen molar-refractivity contribution in [3.8, 4) is 11.1 Å². The van der Waals surface area contributed by atoms with Crippen LogP contribution in [-0.2, 0) is 0 Å². The smallest absolute Gasteiger partial charge is 0.332 e. The Bertz CT molecular complexity index is 1160. The van der Waals surface area contributed by atoms with Crippen molar-refractivity contribution in [2.24, 2.45) is 10.8 Å². The number of hydrogen-bond donors (Lipinski definition) is 2. The topological polar surface area (TPSA) is 80.4 Å². The molecule has 0 aliphatic heterocycles. The number of carbonyl (C=O) groups excluding carboxylic acids is 1. The molecule has 5 nitrogen and oxygen atoms in total. The van der Waals surface area contributed by atoms with Gasteiger partial charge in [-0.25, -0.2) is 15.2 Å². The second-order valence-electron chi connectivity index (χ2n) is 6.24. The van der Waals surface area contributed by atoms with Gasteiger partial charge in [0.05, 0.1) is 11.2 Å². The van der Waals surface area contributed by atoms with Crippen LogP contribution >= 0.6 is 0 Å². The van der Waals surface area contributed by atoms with E-state index in [0.717, 1.165) is 27.6 Å². The van der Waals surface area contributed by atoms with E-state index in [1.54, 1.807) is 0 Å². The average Bonchev–Trinajstić information content (AvgIpc) is 2.74. The van der Waals surface area contributed by atoms with Gasteiger partial charge in [-0.15, -0.1) is 0 Å². The van der Waals surface area contributed by atoms with Gasteiger partial charge in [-0.3, -0.25) is 0 Å². The lowest BCUT2D eigenvalue weighted by Crippen LogP contribution is -2.26. The normalized spacial score (nSPS) is 11.4. The summed E-state index contributed by atoms with van der Waals surface area (Å²) >= 11 is 0. The first-order valence-electron chi connectivity index (χ1n) is 8.86. The number of hydrogen-bond acceptors (Lipinski definition) is 3. The number of carbonyl (C=O) groups is 1. The van der Waals surface area contributed by atoms with Crippen LogP contribution in [0.2, 0.25) is 0 Å². The van der Waals surface area contributed by atoms with Crippen molar-refractivity contribution in [1.82, 2.24) is 10.4 Å². The van der Waals surface area contributed by atoms with Crippen LogP contribution in [0.4, 0.5) is 4.79 Å². The highest BCUT2D eigenvalue weighted by Gasteiger charge is 2.14. The van der Waals surface area contributed by atoms with Crippen molar-refractivity contribution in [2.45, 2.75) is 0 Å². The predicted octanol–water partition coefficient (Wildman–Crippen LogP) is 4.32. The third-order valence-corrected chi connectivity index (χ3v) is 4.37. The molecule has 1 aromatic heterocycles. The lowest BCUT2D eigenvalue weighted by molar-refractivity contribution is 0.249. The quantitative estimate of drug-likeness (QED) is 0.416. The summed E-state index contributed by atoms with van der Waals surface area (Å²) in [6.07, 6.45) is 0. The van der Waals surface area contributed by atoms with Gasteiger partial charge in [0.1, 0.15) is 5.71 Å². The lowest BCUT2D eigenvalue weighted by Gasteiger charge is -2.12. The van der Waals surface area contributed by atoms with E-state index in [1.165, 1.54) is 0 Å². The third-order valence-electron chi connectivity index (χ3n) is 4.37. The molecule has 136 valence electrons. The number of nitrogens with one attached hydrogen (secondary N) is 1. The Morgan fingerprint density at radius 2 is 1.50 bits per heavy atom. The van der Waals surface area contributed by atoms with Gasteiger partial charge in [-0.05, 0) is 23.3 Å². The van der Waals surface area contributed by atoms with Gasteiger partial charge in [-0.1, -0.05) is 78.9 Å². The Morgan fingerprint density at radius 3 is 2.21 bits per heavy atom. The average molecular weight is 366 g/mol. The molecular formula is C23H18N4O. The Labute approximate surface area is 162 Å². The first-order chi connectivity index (χ1) is 13.7. The minimum Gasteiger partial charge on any atom is -0.350 e. The number of para-hydroxylation sites is 1. The number of nitrogens with zero attached hydrogens (tertiary/aromatic N) is 2. The van der Waals surface area contributed by atoms with Gasteiger partial charge in [0.2, 0.25) is 0 Å². The maximum absolute atomic E-state index is 11.3. The maximum Gasteiger partial charge on any atom is 0.332 e. The maximum atomic E-state index is 11.3. The fourth-order valence-corrected chi connectivity index (χ4v) is 3.13. The van der Waals surface area contributed by atoms with Crippen molar-refractivity contribution in [3.05, 3.63) is 102 Å². The summed E-state index contributed by atoms with van der Waals surface area (Å²) in [7, 11) is 0. The van der Waals surface area contributed by atoms with Gasteiger partial charge in [0.25, 0.3) is 0 Å². The van der Waals surface area contributed by atoms with Gasteiger partial charge in [0, 0.05) is 10.9 Å². The first-order valence-corrected chi connectivity index (χ1v) is 8.86. The summed E-state index contributed by atoms with van der Waals surface area (Å²) in [6, 6.07) is 28.9. The second-order valence-corrected chi connectivity index (χ2v) is 6.24. The van der Waals surface area contributed by atoms with Crippen molar-refractivity contribution in [2.75, 3.05) is 0 Å². The minimum atomic E-state index is -0.725. The molecule has 4 rings (SSSR count). The second kappa shape index (κ2) is 7.72. The number of primary amides is 1. The van der Waals surface area contributed by atoms with E-state index in [0.29, 0.717) is 11.4 Å². The molecule has 0 atom stereocenters. The molecule has 0 saturated heterocycles. The molecule has 0 saturated carbocycles. The Hall–Kier alpha value is -3.99. The van der Waals surface area contributed by atoms with Crippen LogP contribution in [-0.4, -0.2) is 16.7 Å². The van der Waals surface area contributed by atoms with Crippen molar-refractivity contribution >= 4 is 22.6 Å². The molecule has 3 aromatic carbocycles. The SMILES string of the molecule is NC(=O)N/N=C(\c1ccccc1)c1cc(-c2ccccc2)c2ccccc2n1. The van der Waals surface area contributed by atoms with E-state index >= 15 is 0 Å². The molecule has 0 aliphatic rings. The third kappa shape index (κ3) is 3.59. The number of hydrazone groups is 1. The number of pyridine rings is 1. The van der Waals surface area contributed by atoms with E-state index in [4.69, 9.17) is 10.7 Å². The molecule has 0 unspecified atom stereocenters. The number of aromatic nitrogens is 1. The highest BCUT2D eigenvalue weighted by atomic mass is 16.2. The van der Waals surface area contributed by atoms with Crippen LogP contribution in [0.5, 0.6) is 0 Å². The van der Waals surface area contributed by atoms with Gasteiger partial charge >= 0.3 is 6.03 Å². The predicted molar refractivity (Wildman–Crippen MR) is 112 cm³/mol. The molecule has 5 heteroatoms. The van der Waals surface area contributed by atoms with E-state index in [2.05, 4.69) is 28.7 Å². The fourth-order valence-electron chi connectivity index (χ4n) is 3.13. The Kier molecular flexibility index (Phi) is 4.80. The van der Waals surface area contributed by atoms with Crippen molar-refractivity contribution in [1.29, 1.82) is 0 Å². The number of amides is 2. The van der Waals surface area contributed by atoms with Crippen LogP contribution in [0.3, 0.4) is 0 Å². The summed E-state index contributed by atoms with van der Waals surface area (Å²) in [4.78, 5) is 16.0. The van der Waals surface area contributed by atoms with Crippen molar-refractivity contribution < 1.29 is 4.79 Å². The molecule has 0 radical (unpaired) electrons. The lowest BCUT2D eigenvalue weighted by atomic mass is 9.97.